The fourth-order valence-corrected chi connectivity index (χ4v) is 0. The topological polar surface area (TPSA) is 57.5 Å². The predicted octanol–water partition coefficient (Wildman–Crippen LogP) is -1.69. The van der Waals surface area contributed by atoms with Crippen molar-refractivity contribution in [3.05, 3.63) is 6.92 Å². The van der Waals surface area contributed by atoms with Crippen LogP contribution < -0.4 is 29.6 Å². The van der Waals surface area contributed by atoms with Crippen LogP contribution in [0.15, 0.2) is 0 Å². The first kappa shape index (κ1) is 16.6. The average Bonchev–Trinajstić information content (AvgIpc) is 1.65. The van der Waals surface area contributed by atoms with Crippen molar-refractivity contribution in [2.24, 2.45) is 0 Å². The molecule has 52 valence electrons. The second kappa shape index (κ2) is 16.0. The minimum absolute atomic E-state index is 0. The molecule has 3 nitrogen and oxygen atoms in total. The van der Waals surface area contributed by atoms with Crippen molar-refractivity contribution in [3.8, 4) is 0 Å². The Hall–Kier alpha value is 1.07. The maximum absolute atomic E-state index is 8.67. The number of unbranched alkanes of at least 4 members (excludes halogenated alkanes) is 1. The predicted molar refractivity (Wildman–Crippen MR) is 33.7 cm³/mol. The van der Waals surface area contributed by atoms with Gasteiger partial charge < -0.3 is 6.92 Å². The van der Waals surface area contributed by atoms with Crippen molar-refractivity contribution in [2.75, 3.05) is 0 Å². The summed E-state index contributed by atoms with van der Waals surface area (Å²) in [5, 5.41) is 0. The van der Waals surface area contributed by atoms with Gasteiger partial charge >= 0.3 is 29.6 Å². The molecule has 0 aliphatic rings. The smallest absolute Gasteiger partial charge is 0.343 e. The molecule has 0 aromatic rings. The molecule has 0 rings (SSSR count). The molecule has 0 bridgehead atoms. The SMILES string of the molecule is O=S(O)O.[CH2-]CCC.[Na+]. The summed E-state index contributed by atoms with van der Waals surface area (Å²) in [6.07, 6.45) is 2.28. The van der Waals surface area contributed by atoms with E-state index in [1.807, 2.05) is 0 Å². The summed E-state index contributed by atoms with van der Waals surface area (Å²) in [5.41, 5.74) is 0. The average molecular weight is 162 g/mol. The van der Waals surface area contributed by atoms with E-state index in [-0.39, 0.29) is 29.6 Å². The maximum Gasteiger partial charge on any atom is 1.00 e. The van der Waals surface area contributed by atoms with Gasteiger partial charge in [-0.3, -0.25) is 9.11 Å². The Morgan fingerprint density at radius 3 is 1.67 bits per heavy atom. The van der Waals surface area contributed by atoms with Crippen LogP contribution >= 0.6 is 0 Å². The zero-order valence-electron chi connectivity index (χ0n) is 5.83. The van der Waals surface area contributed by atoms with E-state index in [2.05, 4.69) is 13.8 Å². The van der Waals surface area contributed by atoms with Gasteiger partial charge in [0.25, 0.3) is 11.4 Å². The van der Waals surface area contributed by atoms with Gasteiger partial charge in [-0.15, -0.1) is 0 Å². The van der Waals surface area contributed by atoms with E-state index >= 15 is 0 Å². The summed E-state index contributed by atoms with van der Waals surface area (Å²) in [7, 11) is 0. The van der Waals surface area contributed by atoms with Gasteiger partial charge in [0.1, 0.15) is 0 Å². The van der Waals surface area contributed by atoms with Crippen LogP contribution in [0.1, 0.15) is 19.8 Å². The van der Waals surface area contributed by atoms with Crippen molar-refractivity contribution < 1.29 is 42.9 Å². The van der Waals surface area contributed by atoms with Crippen LogP contribution in [0.5, 0.6) is 0 Å². The van der Waals surface area contributed by atoms with Gasteiger partial charge in [-0.2, -0.15) is 10.6 Å². The first-order valence-corrected chi connectivity index (χ1v) is 3.30. The summed E-state index contributed by atoms with van der Waals surface area (Å²) in [5.74, 6) is 0. The molecule has 0 atom stereocenters. The summed E-state index contributed by atoms with van der Waals surface area (Å²) in [6, 6.07) is 0. The van der Waals surface area contributed by atoms with E-state index in [9.17, 15) is 0 Å². The molecular formula is C4H11NaO3S. The van der Waals surface area contributed by atoms with Gasteiger partial charge in [0.05, 0.1) is 0 Å². The quantitative estimate of drug-likeness (QED) is 0.275. The van der Waals surface area contributed by atoms with Crippen LogP contribution in [0.3, 0.4) is 0 Å². The number of rotatable bonds is 1. The minimum Gasteiger partial charge on any atom is -0.343 e. The molecular weight excluding hydrogens is 151 g/mol. The zero-order valence-corrected chi connectivity index (χ0v) is 8.65. The molecule has 0 heterocycles. The van der Waals surface area contributed by atoms with Gasteiger partial charge in [-0.25, -0.2) is 0 Å². The molecule has 0 aromatic heterocycles. The summed E-state index contributed by atoms with van der Waals surface area (Å²) >= 11 is -2.61. The minimum atomic E-state index is -2.61. The first-order valence-electron chi connectivity index (χ1n) is 2.24. The van der Waals surface area contributed by atoms with Gasteiger partial charge in [0.15, 0.2) is 0 Å². The Kier molecular flexibility index (Phi) is 29.5. The van der Waals surface area contributed by atoms with E-state index in [4.69, 9.17) is 13.3 Å². The van der Waals surface area contributed by atoms with E-state index in [0.717, 1.165) is 6.42 Å². The largest absolute Gasteiger partial charge is 1.00 e. The van der Waals surface area contributed by atoms with Gasteiger partial charge in [-0.1, -0.05) is 13.3 Å². The molecule has 0 saturated carbocycles. The number of hydrogen-bond acceptors (Lipinski definition) is 1. The molecule has 0 aliphatic heterocycles. The first-order chi connectivity index (χ1) is 3.65. The molecule has 0 radical (unpaired) electrons. The maximum atomic E-state index is 8.67. The third-order valence-electron chi connectivity index (χ3n) is 0.354. The molecule has 0 spiro atoms. The summed E-state index contributed by atoms with van der Waals surface area (Å²) in [6.45, 7) is 5.72. The molecule has 0 aromatic carbocycles. The van der Waals surface area contributed by atoms with Gasteiger partial charge in [0, 0.05) is 0 Å². The third kappa shape index (κ3) is 106. The molecule has 5 heteroatoms. The van der Waals surface area contributed by atoms with E-state index in [0.29, 0.717) is 0 Å². The second-order valence-electron chi connectivity index (χ2n) is 1.08. The van der Waals surface area contributed by atoms with E-state index in [1.165, 1.54) is 6.42 Å². The monoisotopic (exact) mass is 162 g/mol. The molecule has 0 unspecified atom stereocenters. The van der Waals surface area contributed by atoms with Crippen LogP contribution in [0.4, 0.5) is 0 Å². The number of hydrogen-bond donors (Lipinski definition) is 2. The van der Waals surface area contributed by atoms with Crippen LogP contribution in [-0.4, -0.2) is 13.3 Å². The Morgan fingerprint density at radius 1 is 1.56 bits per heavy atom. The van der Waals surface area contributed by atoms with Crippen LogP contribution in [0, 0.1) is 6.92 Å². The van der Waals surface area contributed by atoms with Crippen molar-refractivity contribution in [3.63, 3.8) is 0 Å². The molecule has 0 aliphatic carbocycles. The summed E-state index contributed by atoms with van der Waals surface area (Å²) in [4.78, 5) is 0. The second-order valence-corrected chi connectivity index (χ2v) is 1.55. The Balaban J connectivity index is -0.0000000720. The fourth-order valence-electron chi connectivity index (χ4n) is 0. The van der Waals surface area contributed by atoms with Crippen molar-refractivity contribution in [2.45, 2.75) is 19.8 Å². The Morgan fingerprint density at radius 2 is 1.67 bits per heavy atom. The Bertz CT molecular complexity index is 53.8. The molecule has 9 heavy (non-hydrogen) atoms. The fraction of sp³-hybridized carbons (Fsp3) is 0.750. The summed E-state index contributed by atoms with van der Waals surface area (Å²) < 4.78 is 22.8. The van der Waals surface area contributed by atoms with E-state index < -0.39 is 11.4 Å². The van der Waals surface area contributed by atoms with Crippen LogP contribution in [0.2, 0.25) is 0 Å². The van der Waals surface area contributed by atoms with Crippen LogP contribution in [-0.2, 0) is 11.4 Å². The zero-order chi connectivity index (χ0) is 6.99. The van der Waals surface area contributed by atoms with Gasteiger partial charge in [0.2, 0.25) is 0 Å². The van der Waals surface area contributed by atoms with Crippen LogP contribution in [0.25, 0.3) is 0 Å². The Labute approximate surface area is 80.6 Å². The van der Waals surface area contributed by atoms with Crippen molar-refractivity contribution >= 4 is 11.4 Å². The van der Waals surface area contributed by atoms with Gasteiger partial charge in [-0.05, 0) is 0 Å². The van der Waals surface area contributed by atoms with Crippen molar-refractivity contribution in [1.29, 1.82) is 0 Å². The molecule has 0 saturated heterocycles. The normalized spacial score (nSPS) is 7.22. The third-order valence-corrected chi connectivity index (χ3v) is 0.354. The standard InChI is InChI=1S/C4H9.Na.H2O3S/c1-3-4-2;;1-4(2)3/h1,3-4H2,2H3;;(H2,1,2,3)/q-1;+1;. The molecule has 0 fully saturated rings. The van der Waals surface area contributed by atoms with E-state index in [1.54, 1.807) is 0 Å². The molecule has 0 amide bonds. The molecule has 2 N–H and O–H groups in total. The van der Waals surface area contributed by atoms with Crippen molar-refractivity contribution in [1.82, 2.24) is 0 Å².